The minimum Gasteiger partial charge on any atom is -0.482 e. The van der Waals surface area contributed by atoms with E-state index in [1.807, 2.05) is 6.07 Å². The van der Waals surface area contributed by atoms with Gasteiger partial charge < -0.3 is 15.4 Å². The Morgan fingerprint density at radius 3 is 1.83 bits per heavy atom. The van der Waals surface area contributed by atoms with Crippen LogP contribution < -0.4 is 30.1 Å². The van der Waals surface area contributed by atoms with E-state index in [9.17, 15) is 24.0 Å². The van der Waals surface area contributed by atoms with Crippen molar-refractivity contribution < 1.29 is 28.7 Å². The summed E-state index contributed by atoms with van der Waals surface area (Å²) in [5.74, 6) is -1.74. The maximum Gasteiger partial charge on any atom is 0.329 e. The van der Waals surface area contributed by atoms with E-state index in [1.165, 1.54) is 26.5 Å². The van der Waals surface area contributed by atoms with Crippen LogP contribution in [0.5, 0.6) is 5.75 Å². The van der Waals surface area contributed by atoms with Crippen LogP contribution >= 0.6 is 0 Å². The Hall–Kier alpha value is -5.97. The van der Waals surface area contributed by atoms with Gasteiger partial charge in [0.05, 0.1) is 5.69 Å². The van der Waals surface area contributed by atoms with Crippen molar-refractivity contribution in [2.24, 2.45) is 5.73 Å². The number of anilines is 4. The number of ketones is 1. The molecular weight excluding hydrogens is 586 g/mol. The normalized spacial score (nSPS) is 10.4. The average Bonchev–Trinajstić information content (AvgIpc) is 3.08. The van der Waals surface area contributed by atoms with Gasteiger partial charge in [-0.1, -0.05) is 60.7 Å². The van der Waals surface area contributed by atoms with E-state index in [4.69, 9.17) is 10.5 Å². The minimum atomic E-state index is -0.717. The zero-order chi connectivity index (χ0) is 33.2. The molecule has 0 aromatic heterocycles. The van der Waals surface area contributed by atoms with Crippen LogP contribution in [-0.4, -0.2) is 63.3 Å². The molecule has 4 aromatic carbocycles. The molecule has 0 aliphatic rings. The van der Waals surface area contributed by atoms with Gasteiger partial charge in [-0.3, -0.25) is 33.9 Å². The van der Waals surface area contributed by atoms with Crippen LogP contribution in [-0.2, 0) is 14.4 Å². The van der Waals surface area contributed by atoms with Crippen molar-refractivity contribution in [1.82, 2.24) is 0 Å². The molecule has 0 unspecified atom stereocenters. The molecular formula is C35H35N5O6. The van der Waals surface area contributed by atoms with Crippen molar-refractivity contribution in [1.29, 1.82) is 0 Å². The molecule has 0 radical (unpaired) electrons. The van der Waals surface area contributed by atoms with E-state index < -0.39 is 43.4 Å². The highest BCUT2D eigenvalue weighted by atomic mass is 16.5. The van der Waals surface area contributed by atoms with Crippen LogP contribution in [0.1, 0.15) is 17.3 Å². The predicted octanol–water partition coefficient (Wildman–Crippen LogP) is 4.51. The number of nitrogens with zero attached hydrogens (tertiary/aromatic N) is 4. The van der Waals surface area contributed by atoms with Gasteiger partial charge in [0.1, 0.15) is 18.8 Å². The molecule has 11 nitrogen and oxygen atoms in total. The van der Waals surface area contributed by atoms with Gasteiger partial charge in [0, 0.05) is 36.7 Å². The summed E-state index contributed by atoms with van der Waals surface area (Å²) < 4.78 is 5.61. The first-order chi connectivity index (χ1) is 22.1. The Morgan fingerprint density at radius 1 is 0.630 bits per heavy atom. The fourth-order valence-corrected chi connectivity index (χ4v) is 4.62. The first-order valence-corrected chi connectivity index (χ1v) is 14.4. The van der Waals surface area contributed by atoms with Crippen LogP contribution in [0.3, 0.4) is 0 Å². The third-order valence-corrected chi connectivity index (χ3v) is 7.16. The molecule has 236 valence electrons. The predicted molar refractivity (Wildman–Crippen MR) is 177 cm³/mol. The van der Waals surface area contributed by atoms with Gasteiger partial charge in [0.2, 0.25) is 11.8 Å². The fraction of sp³-hybridized carbons (Fsp3) is 0.171. The van der Waals surface area contributed by atoms with Crippen molar-refractivity contribution in [2.45, 2.75) is 6.92 Å². The second-order valence-corrected chi connectivity index (χ2v) is 10.4. The lowest BCUT2D eigenvalue weighted by Crippen LogP contribution is -2.50. The summed E-state index contributed by atoms with van der Waals surface area (Å²) in [4.78, 5) is 70.7. The lowest BCUT2D eigenvalue weighted by atomic mass is 10.1. The van der Waals surface area contributed by atoms with E-state index in [1.54, 1.807) is 117 Å². The quantitative estimate of drug-likeness (QED) is 0.232. The standard InChI is InChI=1S/C35H35N5O6/c1-25(41)26-13-12-18-29(21-26)38(3)35(45)39(28-16-8-5-9-17-28)23-34(44)40(22-33(43)37(2)27-14-6-4-7-15-27)30-19-10-11-20-31(30)46-24-32(36)42/h4-21H,22-24H2,1-3H3,(H2,36,42). The summed E-state index contributed by atoms with van der Waals surface area (Å²) in [5, 5.41) is 0. The highest BCUT2D eigenvalue weighted by Crippen LogP contribution is 2.30. The number of carbonyl (C=O) groups is 5. The van der Waals surface area contributed by atoms with Crippen molar-refractivity contribution in [2.75, 3.05) is 53.4 Å². The number of rotatable bonds is 12. The molecule has 0 atom stereocenters. The molecule has 0 fully saturated rings. The van der Waals surface area contributed by atoms with Crippen molar-refractivity contribution in [3.05, 3.63) is 115 Å². The number of urea groups is 1. The van der Waals surface area contributed by atoms with E-state index in [2.05, 4.69) is 0 Å². The van der Waals surface area contributed by atoms with Gasteiger partial charge in [0.15, 0.2) is 12.4 Å². The highest BCUT2D eigenvalue weighted by Gasteiger charge is 2.30. The maximum absolute atomic E-state index is 14.3. The Labute approximate surface area is 267 Å². The number of hydrogen-bond acceptors (Lipinski definition) is 6. The van der Waals surface area contributed by atoms with Crippen LogP contribution in [0.4, 0.5) is 27.5 Å². The highest BCUT2D eigenvalue weighted by molar-refractivity contribution is 6.11. The molecule has 11 heteroatoms. The number of carbonyl (C=O) groups excluding carboxylic acids is 5. The molecule has 0 bridgehead atoms. The monoisotopic (exact) mass is 621 g/mol. The number of likely N-dealkylation sites (N-methyl/N-ethyl adjacent to an activating group) is 1. The van der Waals surface area contributed by atoms with Crippen LogP contribution in [0, 0.1) is 0 Å². The van der Waals surface area contributed by atoms with Crippen molar-refractivity contribution in [3.63, 3.8) is 0 Å². The van der Waals surface area contributed by atoms with Crippen LogP contribution in [0.15, 0.2) is 109 Å². The van der Waals surface area contributed by atoms with E-state index in [0.29, 0.717) is 22.6 Å². The smallest absolute Gasteiger partial charge is 0.329 e. The zero-order valence-corrected chi connectivity index (χ0v) is 25.8. The van der Waals surface area contributed by atoms with Crippen molar-refractivity contribution >= 4 is 52.3 Å². The Balaban J connectivity index is 1.71. The van der Waals surface area contributed by atoms with Crippen molar-refractivity contribution in [3.8, 4) is 5.75 Å². The largest absolute Gasteiger partial charge is 0.482 e. The van der Waals surface area contributed by atoms with Gasteiger partial charge in [-0.2, -0.15) is 0 Å². The summed E-state index contributed by atoms with van der Waals surface area (Å²) in [7, 11) is 3.14. The summed E-state index contributed by atoms with van der Waals surface area (Å²) in [6.45, 7) is 0.113. The third kappa shape index (κ3) is 8.14. The Morgan fingerprint density at radius 2 is 1.20 bits per heavy atom. The number of ether oxygens (including phenoxy) is 1. The second-order valence-electron chi connectivity index (χ2n) is 10.4. The topological polar surface area (TPSA) is 134 Å². The molecule has 46 heavy (non-hydrogen) atoms. The molecule has 4 aromatic rings. The molecule has 0 heterocycles. The molecule has 2 N–H and O–H groups in total. The molecule has 0 spiro atoms. The lowest BCUT2D eigenvalue weighted by molar-refractivity contribution is -0.121. The zero-order valence-electron chi connectivity index (χ0n) is 25.8. The van der Waals surface area contributed by atoms with Crippen LogP contribution in [0.2, 0.25) is 0 Å². The second kappa shape index (κ2) is 15.2. The fourth-order valence-electron chi connectivity index (χ4n) is 4.62. The summed E-state index contributed by atoms with van der Waals surface area (Å²) in [5.41, 5.74) is 7.45. The van der Waals surface area contributed by atoms with E-state index >= 15 is 0 Å². The van der Waals surface area contributed by atoms with Gasteiger partial charge in [-0.15, -0.1) is 0 Å². The summed E-state index contributed by atoms with van der Waals surface area (Å²) in [6.07, 6.45) is 0. The first kappa shape index (κ1) is 32.9. The SMILES string of the molecule is CC(=O)c1cccc(N(C)C(=O)N(CC(=O)N(CC(=O)N(C)c2ccccc2)c2ccccc2OCC(N)=O)c2ccccc2)c1. The number of para-hydroxylation sites is 4. The van der Waals surface area contributed by atoms with Gasteiger partial charge in [-0.25, -0.2) is 4.79 Å². The molecule has 5 amide bonds. The first-order valence-electron chi connectivity index (χ1n) is 14.4. The Bertz CT molecular complexity index is 1710. The van der Waals surface area contributed by atoms with Gasteiger partial charge >= 0.3 is 6.03 Å². The lowest BCUT2D eigenvalue weighted by Gasteiger charge is -2.31. The number of nitrogens with two attached hydrogens (primary N) is 1. The maximum atomic E-state index is 14.3. The number of hydrogen-bond donors (Lipinski definition) is 1. The molecule has 0 aliphatic heterocycles. The molecule has 0 saturated carbocycles. The van der Waals surface area contributed by atoms with Crippen LogP contribution in [0.25, 0.3) is 0 Å². The van der Waals surface area contributed by atoms with Gasteiger partial charge in [0.25, 0.3) is 5.91 Å². The van der Waals surface area contributed by atoms with E-state index in [0.717, 1.165) is 0 Å². The molecule has 4 rings (SSSR count). The van der Waals surface area contributed by atoms with E-state index in [-0.39, 0.29) is 17.2 Å². The Kier molecular flexibility index (Phi) is 10.9. The minimum absolute atomic E-state index is 0.153. The number of primary amides is 1. The summed E-state index contributed by atoms with van der Waals surface area (Å²) >= 11 is 0. The van der Waals surface area contributed by atoms with Gasteiger partial charge in [-0.05, 0) is 55.5 Å². The summed E-state index contributed by atoms with van der Waals surface area (Å²) in [6, 6.07) is 30.1. The number of benzene rings is 4. The molecule has 0 saturated heterocycles. The molecule has 0 aliphatic carbocycles. The average molecular weight is 622 g/mol. The third-order valence-electron chi connectivity index (χ3n) is 7.16. The number of amides is 5. The number of Topliss-reactive ketones (excluding diaryl/α,β-unsaturated/α-hetero) is 1.